The highest BCUT2D eigenvalue weighted by Crippen LogP contribution is 2.38. The van der Waals surface area contributed by atoms with Gasteiger partial charge in [-0.1, -0.05) is 73.9 Å². The first-order valence-electron chi connectivity index (χ1n) is 11.4. The van der Waals surface area contributed by atoms with Crippen molar-refractivity contribution in [2.24, 2.45) is 0 Å². The molecule has 1 aromatic heterocycles. The zero-order valence-electron chi connectivity index (χ0n) is 18.3. The number of benzene rings is 2. The molecule has 4 nitrogen and oxygen atoms in total. The second-order valence-electron chi connectivity index (χ2n) is 8.35. The van der Waals surface area contributed by atoms with Crippen molar-refractivity contribution in [1.29, 1.82) is 0 Å². The average molecular weight is 414 g/mol. The summed E-state index contributed by atoms with van der Waals surface area (Å²) >= 11 is 0. The van der Waals surface area contributed by atoms with Gasteiger partial charge in [0.2, 0.25) is 0 Å². The number of carbonyl (C=O) groups is 1. The van der Waals surface area contributed by atoms with E-state index in [-0.39, 0.29) is 0 Å². The minimum Gasteiger partial charge on any atom is -0.372 e. The zero-order valence-corrected chi connectivity index (χ0v) is 18.3. The maximum atomic E-state index is 9.97. The Balaban J connectivity index is 0.000000217. The van der Waals surface area contributed by atoms with Gasteiger partial charge in [-0.25, -0.2) is 9.97 Å². The topological polar surface area (TPSA) is 54.9 Å². The maximum absolute atomic E-state index is 9.97. The summed E-state index contributed by atoms with van der Waals surface area (Å²) in [5.41, 5.74) is 7.25. The van der Waals surface area contributed by atoms with Gasteiger partial charge >= 0.3 is 0 Å². The summed E-state index contributed by atoms with van der Waals surface area (Å²) in [6, 6.07) is 18.3. The molecule has 31 heavy (non-hydrogen) atoms. The standard InChI is InChI=1S/C19H23N3.C8H8O/c1-20-19-17(14-8-3-2-4-9-14)22-18-15-10-6-5-7-13(15)11-12-16(18)21-19;9-7-6-8-4-2-1-3-5-8/h5-7,10,14H,2-4,8-9,11-12H2,1H3,(H,20,21);1-5,7H,6H2. The first-order chi connectivity index (χ1) is 15.3. The van der Waals surface area contributed by atoms with Gasteiger partial charge in [0, 0.05) is 24.9 Å². The smallest absolute Gasteiger partial charge is 0.148 e. The van der Waals surface area contributed by atoms with Crippen LogP contribution in [0.25, 0.3) is 11.3 Å². The molecule has 0 spiro atoms. The number of hydrogen-bond acceptors (Lipinski definition) is 4. The molecule has 0 saturated heterocycles. The number of aryl methyl sites for hydroxylation is 2. The average Bonchev–Trinajstić information content (AvgIpc) is 2.85. The lowest BCUT2D eigenvalue weighted by Crippen LogP contribution is -2.16. The minimum atomic E-state index is 0.529. The van der Waals surface area contributed by atoms with Gasteiger partial charge in [0.05, 0.1) is 17.1 Å². The van der Waals surface area contributed by atoms with Crippen molar-refractivity contribution in [1.82, 2.24) is 9.97 Å². The maximum Gasteiger partial charge on any atom is 0.148 e. The molecule has 3 aromatic rings. The molecule has 4 heteroatoms. The van der Waals surface area contributed by atoms with Gasteiger partial charge in [-0.15, -0.1) is 0 Å². The summed E-state index contributed by atoms with van der Waals surface area (Å²) in [5, 5.41) is 3.29. The molecule has 1 N–H and O–H groups in total. The lowest BCUT2D eigenvalue weighted by molar-refractivity contribution is -0.107. The third-order valence-electron chi connectivity index (χ3n) is 6.29. The molecule has 2 aromatic carbocycles. The van der Waals surface area contributed by atoms with Crippen molar-refractivity contribution < 1.29 is 4.79 Å². The minimum absolute atomic E-state index is 0.529. The van der Waals surface area contributed by atoms with Crippen molar-refractivity contribution in [3.63, 3.8) is 0 Å². The molecule has 5 rings (SSSR count). The highest BCUT2D eigenvalue weighted by molar-refractivity contribution is 5.69. The van der Waals surface area contributed by atoms with Gasteiger partial charge in [0.25, 0.3) is 0 Å². The van der Waals surface area contributed by atoms with E-state index in [9.17, 15) is 4.79 Å². The third kappa shape index (κ3) is 5.01. The van der Waals surface area contributed by atoms with E-state index in [1.54, 1.807) is 0 Å². The Morgan fingerprint density at radius 3 is 2.42 bits per heavy atom. The monoisotopic (exact) mass is 413 g/mol. The van der Waals surface area contributed by atoms with E-state index >= 15 is 0 Å². The number of hydrogen-bond donors (Lipinski definition) is 1. The molecule has 0 unspecified atom stereocenters. The van der Waals surface area contributed by atoms with Crippen LogP contribution in [0.2, 0.25) is 0 Å². The van der Waals surface area contributed by atoms with Crippen LogP contribution in [0.15, 0.2) is 54.6 Å². The molecule has 1 heterocycles. The van der Waals surface area contributed by atoms with E-state index in [0.29, 0.717) is 12.3 Å². The number of aromatic nitrogens is 2. The summed E-state index contributed by atoms with van der Waals surface area (Å²) in [5.74, 6) is 1.58. The molecular formula is C27H31N3O. The van der Waals surface area contributed by atoms with Crippen LogP contribution in [0.4, 0.5) is 5.82 Å². The second-order valence-corrected chi connectivity index (χ2v) is 8.35. The van der Waals surface area contributed by atoms with Crippen molar-refractivity contribution in [2.75, 3.05) is 12.4 Å². The normalized spacial score (nSPS) is 15.1. The number of rotatable bonds is 4. The summed E-state index contributed by atoms with van der Waals surface area (Å²) < 4.78 is 0. The molecule has 0 atom stereocenters. The molecule has 1 fully saturated rings. The van der Waals surface area contributed by atoms with Crippen LogP contribution in [0.1, 0.15) is 60.5 Å². The molecule has 0 amide bonds. The Morgan fingerprint density at radius 1 is 0.935 bits per heavy atom. The summed E-state index contributed by atoms with van der Waals surface area (Å²) in [4.78, 5) is 20.0. The van der Waals surface area contributed by atoms with Crippen LogP contribution in [0.3, 0.4) is 0 Å². The van der Waals surface area contributed by atoms with E-state index in [1.807, 2.05) is 37.4 Å². The van der Waals surface area contributed by atoms with Crippen LogP contribution >= 0.6 is 0 Å². The molecule has 1 saturated carbocycles. The van der Waals surface area contributed by atoms with E-state index in [0.717, 1.165) is 41.9 Å². The van der Waals surface area contributed by atoms with Crippen molar-refractivity contribution >= 4 is 12.1 Å². The van der Waals surface area contributed by atoms with Gasteiger partial charge in [-0.05, 0) is 36.8 Å². The Labute approximate surface area is 185 Å². The predicted octanol–water partition coefficient (Wildman–Crippen LogP) is 5.76. The predicted molar refractivity (Wildman–Crippen MR) is 126 cm³/mol. The number of nitrogens with one attached hydrogen (secondary N) is 1. The molecule has 160 valence electrons. The number of nitrogens with zero attached hydrogens (tertiary/aromatic N) is 2. The Hall–Kier alpha value is -3.01. The molecule has 0 aliphatic heterocycles. The van der Waals surface area contributed by atoms with Crippen molar-refractivity contribution in [3.05, 3.63) is 77.1 Å². The molecular weight excluding hydrogens is 382 g/mol. The lowest BCUT2D eigenvalue weighted by Gasteiger charge is -2.26. The van der Waals surface area contributed by atoms with Crippen LogP contribution < -0.4 is 5.32 Å². The molecule has 2 aliphatic carbocycles. The SMILES string of the molecule is CNc1nc2c(nc1C1CCCCC1)-c1ccccc1CC2.O=CCc1ccccc1. The number of carbonyl (C=O) groups excluding carboxylic acids is 1. The highest BCUT2D eigenvalue weighted by Gasteiger charge is 2.25. The summed E-state index contributed by atoms with van der Waals surface area (Å²) in [6.45, 7) is 0. The molecule has 0 radical (unpaired) electrons. The van der Waals surface area contributed by atoms with Gasteiger partial charge in [-0.2, -0.15) is 0 Å². The van der Waals surface area contributed by atoms with Gasteiger partial charge in [-0.3, -0.25) is 0 Å². The fourth-order valence-corrected chi connectivity index (χ4v) is 4.65. The van der Waals surface area contributed by atoms with Gasteiger partial charge in [0.15, 0.2) is 0 Å². The molecule has 0 bridgehead atoms. The largest absolute Gasteiger partial charge is 0.372 e. The zero-order chi connectivity index (χ0) is 21.5. The number of aldehydes is 1. The number of anilines is 1. The number of fused-ring (bicyclic) bond motifs is 3. The molecule has 2 aliphatic rings. The van der Waals surface area contributed by atoms with Crippen molar-refractivity contribution in [2.45, 2.75) is 57.3 Å². The first kappa shape index (κ1) is 21.2. The van der Waals surface area contributed by atoms with Crippen molar-refractivity contribution in [3.8, 4) is 11.3 Å². The Kier molecular flexibility index (Phi) is 7.08. The second kappa shape index (κ2) is 10.3. The van der Waals surface area contributed by atoms with Crippen LogP contribution in [-0.2, 0) is 24.1 Å². The van der Waals surface area contributed by atoms with Gasteiger partial charge in [0.1, 0.15) is 12.1 Å². The third-order valence-corrected chi connectivity index (χ3v) is 6.29. The fraction of sp³-hybridized carbons (Fsp3) is 0.370. The van der Waals surface area contributed by atoms with Crippen LogP contribution in [-0.4, -0.2) is 23.3 Å². The quantitative estimate of drug-likeness (QED) is 0.553. The van der Waals surface area contributed by atoms with E-state index in [1.165, 1.54) is 48.9 Å². The Bertz CT molecular complexity index is 1010. The van der Waals surface area contributed by atoms with E-state index in [2.05, 4.69) is 29.6 Å². The van der Waals surface area contributed by atoms with Crippen LogP contribution in [0, 0.1) is 0 Å². The fourth-order valence-electron chi connectivity index (χ4n) is 4.65. The summed E-state index contributed by atoms with van der Waals surface area (Å²) in [6.07, 6.45) is 10.0. The highest BCUT2D eigenvalue weighted by atomic mass is 16.1. The van der Waals surface area contributed by atoms with Crippen LogP contribution in [0.5, 0.6) is 0 Å². The van der Waals surface area contributed by atoms with E-state index in [4.69, 9.17) is 9.97 Å². The first-order valence-corrected chi connectivity index (χ1v) is 11.4. The summed E-state index contributed by atoms with van der Waals surface area (Å²) in [7, 11) is 1.97. The van der Waals surface area contributed by atoms with E-state index < -0.39 is 0 Å². The van der Waals surface area contributed by atoms with Gasteiger partial charge < -0.3 is 10.1 Å². The lowest BCUT2D eigenvalue weighted by atomic mass is 9.85. The Morgan fingerprint density at radius 2 is 1.68 bits per heavy atom.